The second-order valence-corrected chi connectivity index (χ2v) is 9.53. The highest BCUT2D eigenvalue weighted by Crippen LogP contribution is 2.58. The quantitative estimate of drug-likeness (QED) is 0.344. The molecule has 0 aromatic heterocycles. The molecule has 1 aliphatic carbocycles. The van der Waals surface area contributed by atoms with Crippen molar-refractivity contribution in [2.24, 2.45) is 23.2 Å². The van der Waals surface area contributed by atoms with E-state index >= 15 is 0 Å². The molecular weight excluding hydrogens is 520 g/mol. The molecule has 0 heterocycles. The molecule has 2 N–H and O–H groups in total. The third kappa shape index (κ3) is 5.47. The van der Waals surface area contributed by atoms with Crippen LogP contribution in [-0.2, 0) is 9.53 Å². The molecular formula is C19H24F12O4. The standard InChI is InChI=1S/C19H24F12O4/c1-8(2)13(3,4)12(32)35-11-6-9(14(33,16(20,21)22)17(23,24)25)5-10(7-11)15(34,18(26,27)28)19(29,30)31/h8-11,33-34H,5-7H2,1-4H3. The van der Waals surface area contributed by atoms with Crippen molar-refractivity contribution < 1.29 is 72.4 Å². The summed E-state index contributed by atoms with van der Waals surface area (Å²) in [5.41, 5.74) is -13.0. The monoisotopic (exact) mass is 544 g/mol. The molecule has 0 bridgehead atoms. The summed E-state index contributed by atoms with van der Waals surface area (Å²) in [6.07, 6.45) is -34.0. The Balaban J connectivity index is 3.70. The van der Waals surface area contributed by atoms with Crippen LogP contribution in [0.4, 0.5) is 52.7 Å². The van der Waals surface area contributed by atoms with Crippen LogP contribution in [0.25, 0.3) is 0 Å². The van der Waals surface area contributed by atoms with Gasteiger partial charge in [0.05, 0.1) is 5.41 Å². The van der Waals surface area contributed by atoms with Gasteiger partial charge in [0.1, 0.15) is 6.10 Å². The first-order valence-electron chi connectivity index (χ1n) is 10.1. The number of aliphatic hydroxyl groups is 2. The number of rotatable bonds is 5. The number of ether oxygens (including phenoxy) is 1. The Hall–Kier alpha value is -1.45. The van der Waals surface area contributed by atoms with Crippen molar-refractivity contribution in [3.63, 3.8) is 0 Å². The van der Waals surface area contributed by atoms with Crippen molar-refractivity contribution in [1.29, 1.82) is 0 Å². The first-order chi connectivity index (χ1) is 15.2. The maximum absolute atomic E-state index is 13.4. The van der Waals surface area contributed by atoms with Gasteiger partial charge >= 0.3 is 30.7 Å². The van der Waals surface area contributed by atoms with Crippen molar-refractivity contribution in [2.45, 2.75) is 89.0 Å². The van der Waals surface area contributed by atoms with Gasteiger partial charge in [-0.15, -0.1) is 0 Å². The van der Waals surface area contributed by atoms with Gasteiger partial charge < -0.3 is 14.9 Å². The Morgan fingerprint density at radius 2 is 0.971 bits per heavy atom. The van der Waals surface area contributed by atoms with Crippen LogP contribution in [0.3, 0.4) is 0 Å². The van der Waals surface area contributed by atoms with Gasteiger partial charge in [-0.3, -0.25) is 4.79 Å². The Morgan fingerprint density at radius 3 is 1.20 bits per heavy atom. The fourth-order valence-electron chi connectivity index (χ4n) is 3.83. The lowest BCUT2D eigenvalue weighted by atomic mass is 9.65. The van der Waals surface area contributed by atoms with E-state index in [-0.39, 0.29) is 0 Å². The Bertz CT molecular complexity index is 690. The highest BCUT2D eigenvalue weighted by atomic mass is 19.4. The smallest absolute Gasteiger partial charge is 0.426 e. The van der Waals surface area contributed by atoms with Gasteiger partial charge in [0.2, 0.25) is 0 Å². The van der Waals surface area contributed by atoms with Crippen molar-refractivity contribution in [3.05, 3.63) is 0 Å². The average Bonchev–Trinajstić information content (AvgIpc) is 2.62. The number of carbonyl (C=O) groups excluding carboxylic acids is 1. The zero-order chi connectivity index (χ0) is 28.2. The molecule has 0 radical (unpaired) electrons. The number of hydrogen-bond acceptors (Lipinski definition) is 4. The van der Waals surface area contributed by atoms with Gasteiger partial charge in [0.25, 0.3) is 11.2 Å². The summed E-state index contributed by atoms with van der Waals surface area (Å²) in [6.45, 7) is 5.35. The molecule has 0 spiro atoms. The summed E-state index contributed by atoms with van der Waals surface area (Å²) >= 11 is 0. The molecule has 1 aliphatic rings. The number of hydrogen-bond donors (Lipinski definition) is 2. The van der Waals surface area contributed by atoms with Gasteiger partial charge in [0, 0.05) is 11.8 Å². The van der Waals surface area contributed by atoms with Crippen LogP contribution in [0.15, 0.2) is 0 Å². The lowest BCUT2D eigenvalue weighted by Gasteiger charge is -2.48. The van der Waals surface area contributed by atoms with Crippen molar-refractivity contribution in [2.75, 3.05) is 0 Å². The van der Waals surface area contributed by atoms with Gasteiger partial charge in [-0.2, -0.15) is 52.7 Å². The molecule has 2 unspecified atom stereocenters. The van der Waals surface area contributed by atoms with Crippen molar-refractivity contribution >= 4 is 5.97 Å². The molecule has 0 aromatic rings. The first kappa shape index (κ1) is 31.6. The molecule has 0 amide bonds. The summed E-state index contributed by atoms with van der Waals surface area (Å²) in [7, 11) is 0. The molecule has 1 fully saturated rings. The van der Waals surface area contributed by atoms with E-state index in [1.54, 1.807) is 0 Å². The van der Waals surface area contributed by atoms with Crippen LogP contribution in [0.5, 0.6) is 0 Å². The summed E-state index contributed by atoms with van der Waals surface area (Å²) in [6, 6.07) is 0. The van der Waals surface area contributed by atoms with E-state index < -0.39 is 90.4 Å². The Morgan fingerprint density at radius 1 is 0.686 bits per heavy atom. The maximum Gasteiger partial charge on any atom is 0.426 e. The highest BCUT2D eigenvalue weighted by Gasteiger charge is 2.78. The van der Waals surface area contributed by atoms with Crippen LogP contribution >= 0.6 is 0 Å². The molecule has 0 saturated heterocycles. The normalized spacial score (nSPS) is 24.0. The Kier molecular flexibility index (Phi) is 8.24. The first-order valence-corrected chi connectivity index (χ1v) is 10.1. The van der Waals surface area contributed by atoms with E-state index in [1.165, 1.54) is 27.7 Å². The fraction of sp³-hybridized carbons (Fsp3) is 0.947. The topological polar surface area (TPSA) is 66.8 Å². The third-order valence-corrected chi connectivity index (χ3v) is 6.82. The predicted octanol–water partition coefficient (Wildman–Crippen LogP) is 5.71. The SMILES string of the molecule is CC(C)C(C)(C)C(=O)OC1CC(C(O)(C(F)(F)F)C(F)(F)F)CC(C(O)(C(F)(F)F)C(F)(F)F)C1. The van der Waals surface area contributed by atoms with Gasteiger partial charge in [-0.25, -0.2) is 0 Å². The minimum atomic E-state index is -6.59. The summed E-state index contributed by atoms with van der Waals surface area (Å²) < 4.78 is 165. The minimum Gasteiger partial charge on any atom is -0.462 e. The van der Waals surface area contributed by atoms with Crippen LogP contribution in [-0.4, -0.2) is 58.2 Å². The number of esters is 1. The third-order valence-electron chi connectivity index (χ3n) is 6.82. The van der Waals surface area contributed by atoms with E-state index in [4.69, 9.17) is 4.74 Å². The molecule has 0 aliphatic heterocycles. The molecule has 1 saturated carbocycles. The van der Waals surface area contributed by atoms with Crippen LogP contribution in [0, 0.1) is 23.2 Å². The van der Waals surface area contributed by atoms with E-state index in [0.29, 0.717) is 0 Å². The number of carbonyl (C=O) groups is 1. The Labute approximate surface area is 191 Å². The molecule has 0 aromatic carbocycles. The highest BCUT2D eigenvalue weighted by molar-refractivity contribution is 5.76. The van der Waals surface area contributed by atoms with Crippen molar-refractivity contribution in [1.82, 2.24) is 0 Å². The van der Waals surface area contributed by atoms with E-state index in [9.17, 15) is 67.7 Å². The molecule has 16 heteroatoms. The molecule has 208 valence electrons. The summed E-state index contributed by atoms with van der Waals surface area (Å²) in [5, 5.41) is 19.3. The second kappa shape index (κ2) is 9.14. The number of alkyl halides is 12. The largest absolute Gasteiger partial charge is 0.462 e. The van der Waals surface area contributed by atoms with Gasteiger partial charge in [-0.1, -0.05) is 13.8 Å². The van der Waals surface area contributed by atoms with Crippen LogP contribution in [0.2, 0.25) is 0 Å². The van der Waals surface area contributed by atoms with E-state index in [0.717, 1.165) is 0 Å². The van der Waals surface area contributed by atoms with E-state index in [1.807, 2.05) is 0 Å². The minimum absolute atomic E-state index is 0.574. The zero-order valence-electron chi connectivity index (χ0n) is 18.7. The summed E-state index contributed by atoms with van der Waals surface area (Å²) in [4.78, 5) is 12.4. The molecule has 2 atom stereocenters. The van der Waals surface area contributed by atoms with Gasteiger partial charge in [-0.05, 0) is 39.0 Å². The second-order valence-electron chi connectivity index (χ2n) is 9.53. The zero-order valence-corrected chi connectivity index (χ0v) is 18.7. The summed E-state index contributed by atoms with van der Waals surface area (Å²) in [5.74, 6) is -8.65. The number of halogens is 12. The molecule has 4 nitrogen and oxygen atoms in total. The fourth-order valence-corrected chi connectivity index (χ4v) is 3.83. The van der Waals surface area contributed by atoms with Crippen LogP contribution < -0.4 is 0 Å². The van der Waals surface area contributed by atoms with Gasteiger partial charge in [0.15, 0.2) is 0 Å². The lowest BCUT2D eigenvalue weighted by molar-refractivity contribution is -0.405. The molecule has 35 heavy (non-hydrogen) atoms. The van der Waals surface area contributed by atoms with Crippen LogP contribution in [0.1, 0.15) is 47.0 Å². The predicted molar refractivity (Wildman–Crippen MR) is 93.4 cm³/mol. The molecule has 1 rings (SSSR count). The van der Waals surface area contributed by atoms with E-state index in [2.05, 4.69) is 0 Å². The lowest BCUT2D eigenvalue weighted by Crippen LogP contribution is -2.67. The average molecular weight is 544 g/mol. The van der Waals surface area contributed by atoms with Crippen molar-refractivity contribution in [3.8, 4) is 0 Å². The maximum atomic E-state index is 13.4.